The van der Waals surface area contributed by atoms with Gasteiger partial charge >= 0.3 is 0 Å². The maximum absolute atomic E-state index is 7.00. The van der Waals surface area contributed by atoms with Crippen LogP contribution in [0, 0.1) is 0 Å². The Morgan fingerprint density at radius 1 is 1.56 bits per heavy atom. The Morgan fingerprint density at radius 3 is 2.44 bits per heavy atom. The van der Waals surface area contributed by atoms with Crippen molar-refractivity contribution in [3.05, 3.63) is 0 Å². The molecule has 0 aromatic carbocycles. The van der Waals surface area contributed by atoms with Gasteiger partial charge in [-0.3, -0.25) is 0 Å². The summed E-state index contributed by atoms with van der Waals surface area (Å²) in [6.07, 6.45) is 4.09. The standard InChI is InChI=1S/C6H13N.CH4O/c1-2-6-4-3-5-7-6;1-2/h6-7H,2-5H2,1H3;2H,1H3/t6-;/m1./s1. The van der Waals surface area contributed by atoms with Gasteiger partial charge in [0.2, 0.25) is 0 Å². The van der Waals surface area contributed by atoms with E-state index >= 15 is 0 Å². The fourth-order valence-corrected chi connectivity index (χ4v) is 1.11. The van der Waals surface area contributed by atoms with Gasteiger partial charge in [0.15, 0.2) is 0 Å². The molecule has 2 heteroatoms. The van der Waals surface area contributed by atoms with Crippen molar-refractivity contribution in [3.8, 4) is 0 Å². The predicted molar refractivity (Wildman–Crippen MR) is 39.5 cm³/mol. The minimum atomic E-state index is 0.847. The molecule has 56 valence electrons. The maximum Gasteiger partial charge on any atom is 0.0319 e. The zero-order chi connectivity index (χ0) is 7.11. The van der Waals surface area contributed by atoms with Gasteiger partial charge in [0.05, 0.1) is 0 Å². The highest BCUT2D eigenvalue weighted by Crippen LogP contribution is 2.06. The van der Waals surface area contributed by atoms with Gasteiger partial charge in [-0.1, -0.05) is 6.92 Å². The Bertz CT molecular complexity index is 50.9. The van der Waals surface area contributed by atoms with Gasteiger partial charge < -0.3 is 10.4 Å². The molecule has 1 heterocycles. The summed E-state index contributed by atoms with van der Waals surface area (Å²) in [5.41, 5.74) is 0. The molecular formula is C7H17NO. The Hall–Kier alpha value is -0.0800. The average Bonchev–Trinajstić information content (AvgIpc) is 2.43. The van der Waals surface area contributed by atoms with E-state index in [0.717, 1.165) is 13.2 Å². The molecule has 9 heavy (non-hydrogen) atoms. The summed E-state index contributed by atoms with van der Waals surface area (Å²) < 4.78 is 0. The molecule has 0 unspecified atom stereocenters. The van der Waals surface area contributed by atoms with Crippen molar-refractivity contribution in [1.82, 2.24) is 5.32 Å². The molecular weight excluding hydrogens is 114 g/mol. The Labute approximate surface area is 57.3 Å². The monoisotopic (exact) mass is 131 g/mol. The SMILES string of the molecule is CC[C@@H]1CCCN1.CO. The molecule has 0 aliphatic carbocycles. The first-order chi connectivity index (χ1) is 4.43. The van der Waals surface area contributed by atoms with Crippen molar-refractivity contribution in [3.63, 3.8) is 0 Å². The van der Waals surface area contributed by atoms with Gasteiger partial charge in [0.25, 0.3) is 0 Å². The molecule has 0 bridgehead atoms. The molecule has 2 nitrogen and oxygen atoms in total. The fourth-order valence-electron chi connectivity index (χ4n) is 1.11. The van der Waals surface area contributed by atoms with Crippen LogP contribution in [0.2, 0.25) is 0 Å². The summed E-state index contributed by atoms with van der Waals surface area (Å²) in [6, 6.07) is 0.847. The first kappa shape index (κ1) is 8.92. The second-order valence-electron chi connectivity index (χ2n) is 2.20. The van der Waals surface area contributed by atoms with E-state index < -0.39 is 0 Å². The minimum absolute atomic E-state index is 0.847. The molecule has 1 fully saturated rings. The lowest BCUT2D eigenvalue weighted by Crippen LogP contribution is -2.19. The minimum Gasteiger partial charge on any atom is -0.400 e. The van der Waals surface area contributed by atoms with Crippen LogP contribution in [0.1, 0.15) is 26.2 Å². The third-order valence-electron chi connectivity index (χ3n) is 1.66. The summed E-state index contributed by atoms with van der Waals surface area (Å²) >= 11 is 0. The third kappa shape index (κ3) is 3.49. The molecule has 0 radical (unpaired) electrons. The quantitative estimate of drug-likeness (QED) is 0.550. The average molecular weight is 131 g/mol. The van der Waals surface area contributed by atoms with Crippen molar-refractivity contribution in [2.75, 3.05) is 13.7 Å². The number of rotatable bonds is 1. The van der Waals surface area contributed by atoms with Crippen LogP contribution >= 0.6 is 0 Å². The van der Waals surface area contributed by atoms with E-state index in [9.17, 15) is 0 Å². The van der Waals surface area contributed by atoms with E-state index in [4.69, 9.17) is 5.11 Å². The van der Waals surface area contributed by atoms with Gasteiger partial charge in [0.1, 0.15) is 0 Å². The van der Waals surface area contributed by atoms with Gasteiger partial charge in [-0.15, -0.1) is 0 Å². The first-order valence-electron chi connectivity index (χ1n) is 3.61. The number of hydrogen-bond acceptors (Lipinski definition) is 2. The molecule has 0 aromatic rings. The van der Waals surface area contributed by atoms with Crippen LogP contribution < -0.4 is 5.32 Å². The highest BCUT2D eigenvalue weighted by atomic mass is 16.2. The zero-order valence-corrected chi connectivity index (χ0v) is 6.35. The van der Waals surface area contributed by atoms with Crippen molar-refractivity contribution in [2.24, 2.45) is 0 Å². The summed E-state index contributed by atoms with van der Waals surface area (Å²) in [7, 11) is 1.00. The van der Waals surface area contributed by atoms with Crippen LogP contribution in [0.3, 0.4) is 0 Å². The second kappa shape index (κ2) is 6.05. The molecule has 1 saturated heterocycles. The summed E-state index contributed by atoms with van der Waals surface area (Å²) in [5.74, 6) is 0. The normalized spacial score (nSPS) is 25.0. The van der Waals surface area contributed by atoms with Crippen LogP contribution in [0.25, 0.3) is 0 Å². The van der Waals surface area contributed by atoms with E-state index in [1.165, 1.54) is 25.8 Å². The Morgan fingerprint density at radius 2 is 2.22 bits per heavy atom. The van der Waals surface area contributed by atoms with Crippen molar-refractivity contribution in [1.29, 1.82) is 0 Å². The largest absolute Gasteiger partial charge is 0.400 e. The van der Waals surface area contributed by atoms with Crippen LogP contribution in [0.5, 0.6) is 0 Å². The maximum atomic E-state index is 7.00. The van der Waals surface area contributed by atoms with E-state index in [0.29, 0.717) is 0 Å². The van der Waals surface area contributed by atoms with E-state index in [2.05, 4.69) is 12.2 Å². The molecule has 1 rings (SSSR count). The molecule has 1 aliphatic rings. The van der Waals surface area contributed by atoms with Gasteiger partial charge in [-0.25, -0.2) is 0 Å². The molecule has 1 atom stereocenters. The molecule has 0 amide bonds. The topological polar surface area (TPSA) is 32.3 Å². The van der Waals surface area contributed by atoms with Crippen LogP contribution in [0.4, 0.5) is 0 Å². The molecule has 2 N–H and O–H groups in total. The lowest BCUT2D eigenvalue weighted by molar-refractivity contribution is 0.399. The summed E-state index contributed by atoms with van der Waals surface area (Å²) in [4.78, 5) is 0. The van der Waals surface area contributed by atoms with Gasteiger partial charge in [-0.2, -0.15) is 0 Å². The van der Waals surface area contributed by atoms with Gasteiger partial charge in [0, 0.05) is 13.2 Å². The lowest BCUT2D eigenvalue weighted by Gasteiger charge is -2.02. The highest BCUT2D eigenvalue weighted by Gasteiger charge is 2.09. The van der Waals surface area contributed by atoms with Crippen molar-refractivity contribution >= 4 is 0 Å². The van der Waals surface area contributed by atoms with E-state index in [1.54, 1.807) is 0 Å². The third-order valence-corrected chi connectivity index (χ3v) is 1.66. The number of hydrogen-bond donors (Lipinski definition) is 2. The van der Waals surface area contributed by atoms with Gasteiger partial charge in [-0.05, 0) is 25.8 Å². The second-order valence-corrected chi connectivity index (χ2v) is 2.20. The fraction of sp³-hybridized carbons (Fsp3) is 1.00. The van der Waals surface area contributed by atoms with Crippen molar-refractivity contribution < 1.29 is 5.11 Å². The molecule has 1 aliphatic heterocycles. The molecule has 0 aromatic heterocycles. The summed E-state index contributed by atoms with van der Waals surface area (Å²) in [6.45, 7) is 3.49. The Kier molecular flexibility index (Phi) is 5.99. The van der Waals surface area contributed by atoms with Crippen LogP contribution in [-0.4, -0.2) is 24.8 Å². The lowest BCUT2D eigenvalue weighted by atomic mass is 10.2. The zero-order valence-electron chi connectivity index (χ0n) is 6.35. The number of nitrogens with one attached hydrogen (secondary N) is 1. The predicted octanol–water partition coefficient (Wildman–Crippen LogP) is 0.757. The van der Waals surface area contributed by atoms with E-state index in [-0.39, 0.29) is 0 Å². The number of aliphatic hydroxyl groups is 1. The number of aliphatic hydroxyl groups excluding tert-OH is 1. The molecule has 0 spiro atoms. The highest BCUT2D eigenvalue weighted by molar-refractivity contribution is 4.71. The van der Waals surface area contributed by atoms with E-state index in [1.807, 2.05) is 0 Å². The summed E-state index contributed by atoms with van der Waals surface area (Å²) in [5, 5.41) is 10.4. The molecule has 0 saturated carbocycles. The Balaban J connectivity index is 0.000000291. The van der Waals surface area contributed by atoms with Crippen LogP contribution in [0.15, 0.2) is 0 Å². The smallest absolute Gasteiger partial charge is 0.0319 e. The van der Waals surface area contributed by atoms with Crippen molar-refractivity contribution in [2.45, 2.75) is 32.2 Å². The van der Waals surface area contributed by atoms with Crippen LogP contribution in [-0.2, 0) is 0 Å². The first-order valence-corrected chi connectivity index (χ1v) is 3.61.